The summed E-state index contributed by atoms with van der Waals surface area (Å²) in [6, 6.07) is 4.84. The number of sulfonamides is 1. The minimum atomic E-state index is -3.59. The molecule has 0 aromatic heterocycles. The molecule has 2 saturated heterocycles. The molecule has 1 aromatic rings. The number of halogens is 1. The summed E-state index contributed by atoms with van der Waals surface area (Å²) < 4.78 is 27.4. The highest BCUT2D eigenvalue weighted by molar-refractivity contribution is 7.89. The predicted octanol–water partition coefficient (Wildman–Crippen LogP) is 2.96. The molecule has 0 saturated carbocycles. The van der Waals surface area contributed by atoms with Crippen molar-refractivity contribution in [3.8, 4) is 0 Å². The van der Waals surface area contributed by atoms with Crippen LogP contribution in [0.25, 0.3) is 0 Å². The number of rotatable bonds is 5. The van der Waals surface area contributed by atoms with Gasteiger partial charge in [-0.2, -0.15) is 4.31 Å². The second-order valence-corrected chi connectivity index (χ2v) is 9.91. The number of nitrogens with zero attached hydrogens (tertiary/aromatic N) is 2. The lowest BCUT2D eigenvalue weighted by molar-refractivity contribution is -0.127. The van der Waals surface area contributed by atoms with Gasteiger partial charge in [-0.05, 0) is 56.2 Å². The normalized spacial score (nSPS) is 22.5. The number of hydrogen-bond acceptors (Lipinski definition) is 4. The van der Waals surface area contributed by atoms with Crippen LogP contribution in [0.15, 0.2) is 23.1 Å². The first-order valence-electron chi connectivity index (χ1n) is 9.67. The maximum Gasteiger partial charge on any atom is 0.243 e. The molecule has 2 aliphatic rings. The number of carbonyl (C=O) groups excluding carboxylic acids is 1. The van der Waals surface area contributed by atoms with Gasteiger partial charge >= 0.3 is 0 Å². The maximum atomic E-state index is 13.0. The molecule has 2 heterocycles. The van der Waals surface area contributed by atoms with Crippen LogP contribution in [0.2, 0.25) is 5.02 Å². The molecule has 1 unspecified atom stereocenters. The molecule has 27 heavy (non-hydrogen) atoms. The van der Waals surface area contributed by atoms with Crippen LogP contribution in [0, 0.1) is 12.8 Å². The van der Waals surface area contributed by atoms with Crippen molar-refractivity contribution in [3.05, 3.63) is 28.8 Å². The Labute approximate surface area is 166 Å². The number of hydrogen-bond donors (Lipinski definition) is 1. The van der Waals surface area contributed by atoms with Crippen LogP contribution in [0.3, 0.4) is 0 Å². The van der Waals surface area contributed by atoms with Crippen LogP contribution >= 0.6 is 11.6 Å². The molecule has 8 heteroatoms. The third-order valence-electron chi connectivity index (χ3n) is 5.38. The molecular weight excluding hydrogens is 386 g/mol. The van der Waals surface area contributed by atoms with Crippen molar-refractivity contribution in [2.75, 3.05) is 26.2 Å². The van der Waals surface area contributed by atoms with Gasteiger partial charge in [0.2, 0.25) is 15.9 Å². The number of amides is 1. The summed E-state index contributed by atoms with van der Waals surface area (Å²) in [4.78, 5) is 12.6. The van der Waals surface area contributed by atoms with Gasteiger partial charge in [0.05, 0.1) is 4.90 Å². The molecule has 150 valence electrons. The number of carbonyl (C=O) groups is 1. The number of nitrogens with one attached hydrogen (secondary N) is 1. The fraction of sp³-hybridized carbons (Fsp3) is 0.632. The second-order valence-electron chi connectivity index (χ2n) is 7.57. The van der Waals surface area contributed by atoms with Crippen LogP contribution in [-0.4, -0.2) is 49.8 Å². The van der Waals surface area contributed by atoms with E-state index < -0.39 is 10.0 Å². The van der Waals surface area contributed by atoms with Crippen LogP contribution in [-0.2, 0) is 14.8 Å². The number of aryl methyl sites for hydroxylation is 1. The summed E-state index contributed by atoms with van der Waals surface area (Å²) >= 11 is 6.11. The van der Waals surface area contributed by atoms with E-state index in [0.29, 0.717) is 24.5 Å². The molecule has 2 aliphatic heterocycles. The van der Waals surface area contributed by atoms with Crippen LogP contribution in [0.4, 0.5) is 0 Å². The van der Waals surface area contributed by atoms with Crippen molar-refractivity contribution in [1.29, 1.82) is 0 Å². The van der Waals surface area contributed by atoms with Gasteiger partial charge in [-0.25, -0.2) is 13.4 Å². The van der Waals surface area contributed by atoms with Crippen molar-refractivity contribution in [3.63, 3.8) is 0 Å². The van der Waals surface area contributed by atoms with E-state index in [0.717, 1.165) is 44.3 Å². The zero-order valence-corrected chi connectivity index (χ0v) is 17.4. The van der Waals surface area contributed by atoms with Gasteiger partial charge in [-0.3, -0.25) is 10.2 Å². The molecule has 1 atom stereocenters. The van der Waals surface area contributed by atoms with Gasteiger partial charge in [0.1, 0.15) is 0 Å². The summed E-state index contributed by atoms with van der Waals surface area (Å²) in [7, 11) is -3.59. The Balaban J connectivity index is 1.61. The summed E-state index contributed by atoms with van der Waals surface area (Å²) in [5.41, 5.74) is 3.82. The molecule has 1 amide bonds. The first-order chi connectivity index (χ1) is 12.9. The Hall–Kier alpha value is -1.15. The molecule has 1 aromatic carbocycles. The van der Waals surface area contributed by atoms with E-state index in [2.05, 4.69) is 5.43 Å². The fourth-order valence-electron chi connectivity index (χ4n) is 3.78. The summed E-state index contributed by atoms with van der Waals surface area (Å²) in [5, 5.41) is 2.43. The zero-order valence-electron chi connectivity index (χ0n) is 15.8. The number of piperidine rings is 2. The predicted molar refractivity (Wildman–Crippen MR) is 106 cm³/mol. The van der Waals surface area contributed by atoms with E-state index in [1.807, 2.05) is 11.9 Å². The Bertz CT molecular complexity index is 778. The summed E-state index contributed by atoms with van der Waals surface area (Å²) in [6.45, 7) is 4.49. The van der Waals surface area contributed by atoms with Crippen molar-refractivity contribution in [2.24, 2.45) is 5.92 Å². The fourth-order valence-corrected chi connectivity index (χ4v) is 5.61. The molecule has 0 radical (unpaired) electrons. The average Bonchev–Trinajstić information content (AvgIpc) is 2.65. The van der Waals surface area contributed by atoms with Gasteiger partial charge in [0.25, 0.3) is 0 Å². The SMILES string of the molecule is Cc1ccc(S(=O)(=O)N2CCCC(CC(=O)NN3CCCCC3)C2)cc1Cl. The standard InChI is InChI=1S/C19H28ClN3O3S/c1-15-7-8-17(13-18(15)20)27(25,26)23-11-5-6-16(14-23)12-19(24)21-22-9-3-2-4-10-22/h7-8,13,16H,2-6,9-12,14H2,1H3,(H,21,24). The Kier molecular flexibility index (Phi) is 6.78. The molecule has 2 fully saturated rings. The van der Waals surface area contributed by atoms with E-state index in [1.165, 1.54) is 16.8 Å². The monoisotopic (exact) mass is 413 g/mol. The van der Waals surface area contributed by atoms with E-state index in [-0.39, 0.29) is 16.7 Å². The smallest absolute Gasteiger partial charge is 0.243 e. The average molecular weight is 414 g/mol. The van der Waals surface area contributed by atoms with E-state index in [4.69, 9.17) is 11.6 Å². The molecule has 0 spiro atoms. The van der Waals surface area contributed by atoms with Crippen molar-refractivity contribution < 1.29 is 13.2 Å². The zero-order chi connectivity index (χ0) is 19.4. The molecule has 3 rings (SSSR count). The highest BCUT2D eigenvalue weighted by Crippen LogP contribution is 2.27. The third kappa shape index (κ3) is 5.22. The van der Waals surface area contributed by atoms with Gasteiger partial charge in [0.15, 0.2) is 0 Å². The topological polar surface area (TPSA) is 69.7 Å². The van der Waals surface area contributed by atoms with Crippen molar-refractivity contribution in [1.82, 2.24) is 14.7 Å². The van der Waals surface area contributed by atoms with Crippen LogP contribution in [0.5, 0.6) is 0 Å². The first-order valence-corrected chi connectivity index (χ1v) is 11.5. The molecule has 0 bridgehead atoms. The van der Waals surface area contributed by atoms with E-state index in [1.54, 1.807) is 12.1 Å². The number of hydrazine groups is 1. The minimum absolute atomic E-state index is 0.0143. The van der Waals surface area contributed by atoms with Gasteiger partial charge in [0, 0.05) is 37.6 Å². The molecule has 6 nitrogen and oxygen atoms in total. The Morgan fingerprint density at radius 3 is 2.63 bits per heavy atom. The Morgan fingerprint density at radius 1 is 1.19 bits per heavy atom. The van der Waals surface area contributed by atoms with E-state index >= 15 is 0 Å². The van der Waals surface area contributed by atoms with Crippen LogP contribution in [0.1, 0.15) is 44.1 Å². The molecular formula is C19H28ClN3O3S. The quantitative estimate of drug-likeness (QED) is 0.805. The lowest BCUT2D eigenvalue weighted by atomic mass is 9.96. The highest BCUT2D eigenvalue weighted by atomic mass is 35.5. The van der Waals surface area contributed by atoms with Gasteiger partial charge < -0.3 is 0 Å². The van der Waals surface area contributed by atoms with E-state index in [9.17, 15) is 13.2 Å². The maximum absolute atomic E-state index is 13.0. The third-order valence-corrected chi connectivity index (χ3v) is 7.64. The van der Waals surface area contributed by atoms with Crippen molar-refractivity contribution in [2.45, 2.75) is 50.3 Å². The van der Waals surface area contributed by atoms with Crippen LogP contribution < -0.4 is 5.43 Å². The Morgan fingerprint density at radius 2 is 1.93 bits per heavy atom. The number of benzene rings is 1. The summed E-state index contributed by atoms with van der Waals surface area (Å²) in [5.74, 6) is 0.0266. The lowest BCUT2D eigenvalue weighted by Crippen LogP contribution is -2.47. The van der Waals surface area contributed by atoms with Crippen molar-refractivity contribution >= 4 is 27.5 Å². The highest BCUT2D eigenvalue weighted by Gasteiger charge is 2.31. The van der Waals surface area contributed by atoms with Gasteiger partial charge in [-0.1, -0.05) is 24.1 Å². The molecule has 0 aliphatic carbocycles. The first kappa shape index (κ1) is 20.6. The van der Waals surface area contributed by atoms with Gasteiger partial charge in [-0.15, -0.1) is 0 Å². The minimum Gasteiger partial charge on any atom is -0.289 e. The largest absolute Gasteiger partial charge is 0.289 e. The summed E-state index contributed by atoms with van der Waals surface area (Å²) in [6.07, 6.45) is 5.42. The molecule has 1 N–H and O–H groups in total. The second kappa shape index (κ2) is 8.90. The lowest BCUT2D eigenvalue weighted by Gasteiger charge is -2.32.